The van der Waals surface area contributed by atoms with Gasteiger partial charge >= 0.3 is 5.69 Å². The molecular formula is C15H24N4O3. The van der Waals surface area contributed by atoms with Gasteiger partial charge in [-0.15, -0.1) is 0 Å². The van der Waals surface area contributed by atoms with E-state index < -0.39 is 11.2 Å². The van der Waals surface area contributed by atoms with Crippen molar-refractivity contribution in [3.8, 4) is 0 Å². The molecule has 0 amide bonds. The molecule has 0 saturated carbocycles. The number of piperidine rings is 1. The molecule has 1 aromatic heterocycles. The highest BCUT2D eigenvalue weighted by molar-refractivity contribution is 6.01. The Bertz CT molecular complexity index is 669. The minimum atomic E-state index is -0.600. The fourth-order valence-corrected chi connectivity index (χ4v) is 2.88. The predicted octanol–water partition coefficient (Wildman–Crippen LogP) is 0.208. The van der Waals surface area contributed by atoms with E-state index in [4.69, 9.17) is 5.73 Å². The SMILES string of the molecule is CCCn1c(N)c(C(=O)CN2CCCCC2)c(=O)n(C)c1=O. The lowest BCUT2D eigenvalue weighted by Gasteiger charge is -2.25. The van der Waals surface area contributed by atoms with Gasteiger partial charge in [-0.25, -0.2) is 4.79 Å². The van der Waals surface area contributed by atoms with Crippen molar-refractivity contribution in [1.29, 1.82) is 0 Å². The number of nitrogens with zero attached hydrogens (tertiary/aromatic N) is 3. The molecule has 7 heteroatoms. The molecule has 122 valence electrons. The molecule has 1 aromatic rings. The Morgan fingerprint density at radius 2 is 1.82 bits per heavy atom. The van der Waals surface area contributed by atoms with E-state index >= 15 is 0 Å². The molecule has 0 unspecified atom stereocenters. The molecule has 0 aromatic carbocycles. The van der Waals surface area contributed by atoms with Gasteiger partial charge in [-0.2, -0.15) is 0 Å². The molecule has 1 aliphatic heterocycles. The molecule has 2 heterocycles. The van der Waals surface area contributed by atoms with Gasteiger partial charge in [-0.05, 0) is 32.4 Å². The zero-order valence-corrected chi connectivity index (χ0v) is 13.3. The lowest BCUT2D eigenvalue weighted by atomic mass is 10.1. The molecule has 0 bridgehead atoms. The van der Waals surface area contributed by atoms with E-state index in [1.165, 1.54) is 18.0 Å². The summed E-state index contributed by atoms with van der Waals surface area (Å²) in [5, 5.41) is 0. The van der Waals surface area contributed by atoms with Crippen molar-refractivity contribution in [1.82, 2.24) is 14.0 Å². The first-order valence-electron chi connectivity index (χ1n) is 7.82. The quantitative estimate of drug-likeness (QED) is 0.785. The van der Waals surface area contributed by atoms with Gasteiger partial charge in [-0.1, -0.05) is 13.3 Å². The predicted molar refractivity (Wildman–Crippen MR) is 85.3 cm³/mol. The number of hydrogen-bond donors (Lipinski definition) is 1. The molecule has 0 spiro atoms. The van der Waals surface area contributed by atoms with Crippen LogP contribution in [-0.4, -0.2) is 39.5 Å². The fourth-order valence-electron chi connectivity index (χ4n) is 2.88. The topological polar surface area (TPSA) is 90.3 Å². The Hall–Kier alpha value is -1.89. The molecule has 1 aliphatic rings. The van der Waals surface area contributed by atoms with E-state index in [0.29, 0.717) is 13.0 Å². The van der Waals surface area contributed by atoms with Crippen LogP contribution in [0.4, 0.5) is 5.82 Å². The number of carbonyl (C=O) groups excluding carboxylic acids is 1. The summed E-state index contributed by atoms with van der Waals surface area (Å²) in [5.41, 5.74) is 4.83. The fraction of sp³-hybridized carbons (Fsp3) is 0.667. The number of Topliss-reactive ketones (excluding diaryl/α,β-unsaturated/α-hetero) is 1. The maximum atomic E-state index is 12.5. The molecule has 7 nitrogen and oxygen atoms in total. The van der Waals surface area contributed by atoms with Crippen LogP contribution in [0.1, 0.15) is 43.0 Å². The number of anilines is 1. The van der Waals surface area contributed by atoms with Crippen molar-refractivity contribution in [3.63, 3.8) is 0 Å². The third-order valence-electron chi connectivity index (χ3n) is 4.13. The summed E-state index contributed by atoms with van der Waals surface area (Å²) in [6.07, 6.45) is 4.00. The number of nitrogen functional groups attached to an aromatic ring is 1. The average Bonchev–Trinajstić information content (AvgIpc) is 2.50. The molecule has 1 saturated heterocycles. The Morgan fingerprint density at radius 1 is 1.18 bits per heavy atom. The Morgan fingerprint density at radius 3 is 2.41 bits per heavy atom. The number of aromatic nitrogens is 2. The first kappa shape index (κ1) is 16.5. The van der Waals surface area contributed by atoms with Gasteiger partial charge in [-0.3, -0.25) is 23.6 Å². The monoisotopic (exact) mass is 308 g/mol. The van der Waals surface area contributed by atoms with Crippen molar-refractivity contribution in [2.24, 2.45) is 7.05 Å². The number of ketones is 1. The highest BCUT2D eigenvalue weighted by Crippen LogP contribution is 2.11. The number of carbonyl (C=O) groups is 1. The summed E-state index contributed by atoms with van der Waals surface area (Å²) in [6, 6.07) is 0. The van der Waals surface area contributed by atoms with E-state index in [1.807, 2.05) is 11.8 Å². The molecule has 0 aliphatic carbocycles. The van der Waals surface area contributed by atoms with E-state index in [9.17, 15) is 14.4 Å². The number of nitrogens with two attached hydrogens (primary N) is 1. The summed E-state index contributed by atoms with van der Waals surface area (Å²) in [7, 11) is 1.38. The van der Waals surface area contributed by atoms with Crippen LogP contribution in [0.2, 0.25) is 0 Å². The van der Waals surface area contributed by atoms with E-state index in [0.717, 1.165) is 30.5 Å². The largest absolute Gasteiger partial charge is 0.384 e. The van der Waals surface area contributed by atoms with Crippen LogP contribution in [0.5, 0.6) is 0 Å². The van der Waals surface area contributed by atoms with Crippen molar-refractivity contribution < 1.29 is 4.79 Å². The second-order valence-corrected chi connectivity index (χ2v) is 5.82. The van der Waals surface area contributed by atoms with Crippen molar-refractivity contribution in [2.75, 3.05) is 25.4 Å². The number of likely N-dealkylation sites (tertiary alicyclic amines) is 1. The zero-order chi connectivity index (χ0) is 16.3. The number of rotatable bonds is 5. The Kier molecular flexibility index (Phi) is 5.18. The molecular weight excluding hydrogens is 284 g/mol. The van der Waals surface area contributed by atoms with Gasteiger partial charge < -0.3 is 5.73 Å². The van der Waals surface area contributed by atoms with Crippen LogP contribution in [0.25, 0.3) is 0 Å². The van der Waals surface area contributed by atoms with Gasteiger partial charge in [0.2, 0.25) is 0 Å². The van der Waals surface area contributed by atoms with Crippen LogP contribution in [0.3, 0.4) is 0 Å². The minimum absolute atomic E-state index is 0.00282. The van der Waals surface area contributed by atoms with Crippen LogP contribution >= 0.6 is 0 Å². The van der Waals surface area contributed by atoms with Crippen LogP contribution in [0, 0.1) is 0 Å². The van der Waals surface area contributed by atoms with Gasteiger partial charge in [0.05, 0.1) is 6.54 Å². The summed E-state index contributed by atoms with van der Waals surface area (Å²) in [4.78, 5) is 38.9. The molecule has 0 atom stereocenters. The van der Waals surface area contributed by atoms with Crippen LogP contribution < -0.4 is 17.0 Å². The maximum absolute atomic E-state index is 12.5. The standard InChI is InChI=1S/C15H24N4O3/c1-3-7-19-13(16)12(14(21)17(2)15(19)22)11(20)10-18-8-5-4-6-9-18/h3-10,16H2,1-2H3. The normalized spacial score (nSPS) is 15.9. The highest BCUT2D eigenvalue weighted by atomic mass is 16.2. The summed E-state index contributed by atoms with van der Waals surface area (Å²) in [6.45, 7) is 4.21. The third-order valence-corrected chi connectivity index (χ3v) is 4.13. The van der Waals surface area contributed by atoms with Gasteiger partial charge in [0.25, 0.3) is 5.56 Å². The first-order chi connectivity index (χ1) is 10.5. The summed E-state index contributed by atoms with van der Waals surface area (Å²) in [5.74, 6) is -0.304. The maximum Gasteiger partial charge on any atom is 0.332 e. The number of hydrogen-bond acceptors (Lipinski definition) is 5. The molecule has 22 heavy (non-hydrogen) atoms. The lowest BCUT2D eigenvalue weighted by Crippen LogP contribution is -2.44. The second-order valence-electron chi connectivity index (χ2n) is 5.82. The van der Waals surface area contributed by atoms with E-state index in [-0.39, 0.29) is 23.7 Å². The van der Waals surface area contributed by atoms with Crippen LogP contribution in [-0.2, 0) is 13.6 Å². The minimum Gasteiger partial charge on any atom is -0.384 e. The van der Waals surface area contributed by atoms with Gasteiger partial charge in [0, 0.05) is 13.6 Å². The van der Waals surface area contributed by atoms with E-state index in [1.54, 1.807) is 0 Å². The third kappa shape index (κ3) is 3.14. The van der Waals surface area contributed by atoms with Crippen molar-refractivity contribution >= 4 is 11.6 Å². The first-order valence-corrected chi connectivity index (χ1v) is 7.82. The molecule has 1 fully saturated rings. The highest BCUT2D eigenvalue weighted by Gasteiger charge is 2.23. The summed E-state index contributed by atoms with van der Waals surface area (Å²) < 4.78 is 2.28. The summed E-state index contributed by atoms with van der Waals surface area (Å²) >= 11 is 0. The van der Waals surface area contributed by atoms with Crippen molar-refractivity contribution in [3.05, 3.63) is 26.4 Å². The van der Waals surface area contributed by atoms with Crippen LogP contribution in [0.15, 0.2) is 9.59 Å². The molecule has 2 N–H and O–H groups in total. The zero-order valence-electron chi connectivity index (χ0n) is 13.3. The smallest absolute Gasteiger partial charge is 0.332 e. The van der Waals surface area contributed by atoms with Crippen molar-refractivity contribution in [2.45, 2.75) is 39.2 Å². The lowest BCUT2D eigenvalue weighted by molar-refractivity contribution is 0.0913. The average molecular weight is 308 g/mol. The Labute approximate surface area is 129 Å². The second kappa shape index (κ2) is 6.91. The molecule has 2 rings (SSSR count). The van der Waals surface area contributed by atoms with Gasteiger partial charge in [0.15, 0.2) is 5.78 Å². The van der Waals surface area contributed by atoms with Gasteiger partial charge in [0.1, 0.15) is 11.4 Å². The Balaban J connectivity index is 2.39. The van der Waals surface area contributed by atoms with E-state index in [2.05, 4.69) is 0 Å². The molecule has 0 radical (unpaired) electrons.